The molecule has 4 N–H and O–H groups in total. The molecule has 2 aromatic carbocycles. The number of phenolic OH excluding ortho intramolecular Hbond substituents is 1. The quantitative estimate of drug-likeness (QED) is 0.586. The van der Waals surface area contributed by atoms with Crippen LogP contribution in [0.25, 0.3) is 0 Å². The number of nitrogens with two attached hydrogens (primary N) is 1. The predicted molar refractivity (Wildman–Crippen MR) is 76.9 cm³/mol. The fraction of sp³-hybridized carbons (Fsp3) is 0. The van der Waals surface area contributed by atoms with E-state index >= 15 is 0 Å². The second kappa shape index (κ2) is 5.38. The smallest absolute Gasteiger partial charge is 0.257 e. The van der Waals surface area contributed by atoms with Crippen LogP contribution < -0.4 is 11.1 Å². The number of amides is 1. The molecule has 0 aliphatic rings. The van der Waals surface area contributed by atoms with Gasteiger partial charge in [-0.15, -0.1) is 0 Å². The first-order valence-electron chi connectivity index (χ1n) is 5.32. The Morgan fingerprint density at radius 1 is 1.16 bits per heavy atom. The van der Waals surface area contributed by atoms with E-state index in [0.717, 1.165) is 0 Å². The number of nitrogens with one attached hydrogen (secondary N) is 1. The van der Waals surface area contributed by atoms with Gasteiger partial charge in [0.25, 0.3) is 5.91 Å². The molecule has 0 fully saturated rings. The summed E-state index contributed by atoms with van der Waals surface area (Å²) in [6.07, 6.45) is 0. The van der Waals surface area contributed by atoms with E-state index in [4.69, 9.17) is 28.9 Å². The first-order valence-corrected chi connectivity index (χ1v) is 6.08. The van der Waals surface area contributed by atoms with Crippen LogP contribution in [0.3, 0.4) is 0 Å². The van der Waals surface area contributed by atoms with Crippen molar-refractivity contribution in [1.29, 1.82) is 0 Å². The van der Waals surface area contributed by atoms with Crippen LogP contribution in [0, 0.1) is 0 Å². The van der Waals surface area contributed by atoms with Gasteiger partial charge in [-0.1, -0.05) is 23.2 Å². The van der Waals surface area contributed by atoms with Gasteiger partial charge in [0.15, 0.2) is 0 Å². The van der Waals surface area contributed by atoms with Crippen molar-refractivity contribution in [2.75, 3.05) is 11.1 Å². The van der Waals surface area contributed by atoms with E-state index in [-0.39, 0.29) is 22.4 Å². The van der Waals surface area contributed by atoms with E-state index in [1.807, 2.05) is 0 Å². The zero-order valence-electron chi connectivity index (χ0n) is 9.65. The number of carbonyl (C=O) groups excluding carboxylic acids is 1. The summed E-state index contributed by atoms with van der Waals surface area (Å²) in [5.74, 6) is -0.429. The number of nitrogen functional groups attached to an aromatic ring is 1. The van der Waals surface area contributed by atoms with E-state index < -0.39 is 0 Å². The molecule has 19 heavy (non-hydrogen) atoms. The van der Waals surface area contributed by atoms with Crippen LogP contribution >= 0.6 is 23.2 Å². The minimum atomic E-state index is -0.379. The Hall–Kier alpha value is -1.91. The Morgan fingerprint density at radius 2 is 1.89 bits per heavy atom. The van der Waals surface area contributed by atoms with Gasteiger partial charge in [-0.2, -0.15) is 0 Å². The van der Waals surface area contributed by atoms with Gasteiger partial charge in [0.1, 0.15) is 5.75 Å². The average molecular weight is 297 g/mol. The fourth-order valence-corrected chi connectivity index (χ4v) is 1.88. The van der Waals surface area contributed by atoms with Gasteiger partial charge in [-0.3, -0.25) is 4.79 Å². The zero-order valence-corrected chi connectivity index (χ0v) is 11.2. The average Bonchev–Trinajstić information content (AvgIpc) is 2.33. The minimum Gasteiger partial charge on any atom is -0.506 e. The Balaban J connectivity index is 2.23. The third-order valence-corrected chi connectivity index (χ3v) is 3.00. The number of benzene rings is 2. The highest BCUT2D eigenvalue weighted by Gasteiger charge is 2.11. The van der Waals surface area contributed by atoms with Crippen LogP contribution in [0.2, 0.25) is 10.0 Å². The molecule has 1 amide bonds. The Kier molecular flexibility index (Phi) is 3.83. The van der Waals surface area contributed by atoms with Crippen LogP contribution in [0.4, 0.5) is 11.4 Å². The molecule has 0 bridgehead atoms. The Labute approximate surface area is 119 Å². The van der Waals surface area contributed by atoms with E-state index in [1.165, 1.54) is 30.3 Å². The molecule has 0 unspecified atom stereocenters. The summed E-state index contributed by atoms with van der Waals surface area (Å²) in [4.78, 5) is 12.0. The second-order valence-corrected chi connectivity index (χ2v) is 4.70. The Morgan fingerprint density at radius 3 is 2.53 bits per heavy atom. The number of hydrogen-bond donors (Lipinski definition) is 3. The van der Waals surface area contributed by atoms with E-state index in [1.54, 1.807) is 6.07 Å². The molecule has 98 valence electrons. The Bertz CT molecular complexity index is 645. The number of anilines is 2. The fourth-order valence-electron chi connectivity index (χ4n) is 1.52. The maximum absolute atomic E-state index is 12.0. The molecule has 0 aromatic heterocycles. The summed E-state index contributed by atoms with van der Waals surface area (Å²) in [5.41, 5.74) is 6.78. The lowest BCUT2D eigenvalue weighted by atomic mass is 10.1. The van der Waals surface area contributed by atoms with Gasteiger partial charge in [0.05, 0.1) is 10.6 Å². The van der Waals surface area contributed by atoms with Crippen LogP contribution in [-0.4, -0.2) is 11.0 Å². The summed E-state index contributed by atoms with van der Waals surface area (Å²) < 4.78 is 0. The van der Waals surface area contributed by atoms with Crippen molar-refractivity contribution in [3.63, 3.8) is 0 Å². The van der Waals surface area contributed by atoms with Gasteiger partial charge in [-0.25, -0.2) is 0 Å². The van der Waals surface area contributed by atoms with E-state index in [2.05, 4.69) is 5.32 Å². The third kappa shape index (κ3) is 3.10. The molecule has 0 saturated heterocycles. The van der Waals surface area contributed by atoms with Crippen molar-refractivity contribution in [2.24, 2.45) is 0 Å². The molecule has 4 nitrogen and oxygen atoms in total. The molecule has 0 heterocycles. The monoisotopic (exact) mass is 296 g/mol. The first-order chi connectivity index (χ1) is 8.97. The van der Waals surface area contributed by atoms with Crippen LogP contribution in [0.5, 0.6) is 5.75 Å². The topological polar surface area (TPSA) is 75.4 Å². The van der Waals surface area contributed by atoms with Crippen LogP contribution in [0.15, 0.2) is 36.4 Å². The summed E-state index contributed by atoms with van der Waals surface area (Å²) in [6, 6.07) is 8.99. The molecule has 0 aliphatic carbocycles. The molecule has 6 heteroatoms. The van der Waals surface area contributed by atoms with E-state index in [9.17, 15) is 9.90 Å². The van der Waals surface area contributed by atoms with Gasteiger partial charge in [-0.05, 0) is 36.4 Å². The second-order valence-electron chi connectivity index (χ2n) is 3.85. The van der Waals surface area contributed by atoms with Crippen molar-refractivity contribution in [3.8, 4) is 5.75 Å². The molecule has 0 radical (unpaired) electrons. The van der Waals surface area contributed by atoms with Gasteiger partial charge >= 0.3 is 0 Å². The minimum absolute atomic E-state index is 0.0503. The molecule has 0 atom stereocenters. The lowest BCUT2D eigenvalue weighted by Gasteiger charge is -2.08. The molecular weight excluding hydrogens is 287 g/mol. The number of aromatic hydroxyl groups is 1. The third-order valence-electron chi connectivity index (χ3n) is 2.46. The highest BCUT2D eigenvalue weighted by molar-refractivity contribution is 6.32. The summed E-state index contributed by atoms with van der Waals surface area (Å²) in [6.45, 7) is 0. The maximum Gasteiger partial charge on any atom is 0.257 e. The highest BCUT2D eigenvalue weighted by Crippen LogP contribution is 2.27. The van der Waals surface area contributed by atoms with Gasteiger partial charge in [0, 0.05) is 16.4 Å². The number of halogens is 2. The number of carbonyl (C=O) groups is 1. The number of hydrogen-bond acceptors (Lipinski definition) is 3. The number of rotatable bonds is 2. The lowest BCUT2D eigenvalue weighted by molar-refractivity contribution is 0.102. The van der Waals surface area contributed by atoms with Crippen LogP contribution in [-0.2, 0) is 0 Å². The van der Waals surface area contributed by atoms with E-state index in [0.29, 0.717) is 16.3 Å². The summed E-state index contributed by atoms with van der Waals surface area (Å²) >= 11 is 11.5. The lowest BCUT2D eigenvalue weighted by Crippen LogP contribution is -2.13. The first kappa shape index (κ1) is 13.5. The summed E-state index contributed by atoms with van der Waals surface area (Å²) in [5, 5.41) is 12.5. The molecule has 2 rings (SSSR count). The van der Waals surface area contributed by atoms with Gasteiger partial charge < -0.3 is 16.2 Å². The molecule has 0 saturated carbocycles. The van der Waals surface area contributed by atoms with Gasteiger partial charge in [0.2, 0.25) is 0 Å². The standard InChI is InChI=1S/C13H10Cl2N2O2/c14-7-1-3-9(11(16)5-7)13(19)17-8-2-4-12(18)10(15)6-8/h1-6,18H,16H2,(H,17,19). The molecule has 0 spiro atoms. The van der Waals surface area contributed by atoms with Crippen LogP contribution in [0.1, 0.15) is 10.4 Å². The van der Waals surface area contributed by atoms with Crippen molar-refractivity contribution < 1.29 is 9.90 Å². The van der Waals surface area contributed by atoms with Crippen molar-refractivity contribution in [3.05, 3.63) is 52.0 Å². The van der Waals surface area contributed by atoms with Crippen molar-refractivity contribution >= 4 is 40.5 Å². The molecule has 0 aliphatic heterocycles. The SMILES string of the molecule is Nc1cc(Cl)ccc1C(=O)Nc1ccc(O)c(Cl)c1. The maximum atomic E-state index is 12.0. The largest absolute Gasteiger partial charge is 0.506 e. The van der Waals surface area contributed by atoms with Crippen molar-refractivity contribution in [1.82, 2.24) is 0 Å². The predicted octanol–water partition coefficient (Wildman–Crippen LogP) is 3.53. The zero-order chi connectivity index (χ0) is 14.0. The highest BCUT2D eigenvalue weighted by atomic mass is 35.5. The number of phenols is 1. The normalized spacial score (nSPS) is 10.2. The van der Waals surface area contributed by atoms with Crippen molar-refractivity contribution in [2.45, 2.75) is 0 Å². The summed E-state index contributed by atoms with van der Waals surface area (Å²) in [7, 11) is 0. The molecule has 2 aromatic rings. The molecular formula is C13H10Cl2N2O2.